The van der Waals surface area contributed by atoms with Gasteiger partial charge in [-0.3, -0.25) is 14.9 Å². The summed E-state index contributed by atoms with van der Waals surface area (Å²) in [5.74, 6) is -1.04. The first-order valence-corrected chi connectivity index (χ1v) is 6.30. The molecule has 0 saturated carbocycles. The maximum atomic E-state index is 11.5. The molecule has 0 aromatic rings. The lowest BCUT2D eigenvalue weighted by atomic mass is 10.1. The maximum Gasteiger partial charge on any atom is 0.320 e. The van der Waals surface area contributed by atoms with Crippen molar-refractivity contribution in [1.29, 1.82) is 0 Å². The van der Waals surface area contributed by atoms with Gasteiger partial charge in [-0.1, -0.05) is 27.2 Å². The van der Waals surface area contributed by atoms with Crippen molar-refractivity contribution in [3.8, 4) is 0 Å². The van der Waals surface area contributed by atoms with Gasteiger partial charge in [-0.05, 0) is 19.3 Å². The molecule has 0 saturated heterocycles. The van der Waals surface area contributed by atoms with Crippen LogP contribution < -0.4 is 10.6 Å². The predicted molar refractivity (Wildman–Crippen MR) is 66.8 cm³/mol. The van der Waals surface area contributed by atoms with Crippen LogP contribution in [-0.4, -0.2) is 35.6 Å². The van der Waals surface area contributed by atoms with E-state index in [9.17, 15) is 9.59 Å². The van der Waals surface area contributed by atoms with Gasteiger partial charge in [-0.25, -0.2) is 0 Å². The number of amides is 1. The molecule has 0 aliphatic heterocycles. The van der Waals surface area contributed by atoms with E-state index < -0.39 is 12.0 Å². The van der Waals surface area contributed by atoms with Gasteiger partial charge in [-0.2, -0.15) is 0 Å². The molecule has 0 aliphatic carbocycles. The van der Waals surface area contributed by atoms with Gasteiger partial charge in [0.05, 0.1) is 6.54 Å². The Morgan fingerprint density at radius 3 is 2.18 bits per heavy atom. The number of hydrogen-bond donors (Lipinski definition) is 3. The van der Waals surface area contributed by atoms with E-state index in [0.29, 0.717) is 6.42 Å². The van der Waals surface area contributed by atoms with Crippen molar-refractivity contribution in [1.82, 2.24) is 10.6 Å². The zero-order chi connectivity index (χ0) is 13.3. The second kappa shape index (κ2) is 8.98. The van der Waals surface area contributed by atoms with Gasteiger partial charge in [0.2, 0.25) is 5.91 Å². The third-order valence-corrected chi connectivity index (χ3v) is 2.74. The van der Waals surface area contributed by atoms with Gasteiger partial charge in [0.1, 0.15) is 6.04 Å². The number of nitrogens with one attached hydrogen (secondary N) is 2. The SMILES string of the molecule is CCCC(NCC(=O)NC(CC)CC)C(=O)O. The molecule has 100 valence electrons. The third kappa shape index (κ3) is 6.94. The van der Waals surface area contributed by atoms with Crippen LogP contribution in [0, 0.1) is 0 Å². The van der Waals surface area contributed by atoms with Crippen LogP contribution in [0.2, 0.25) is 0 Å². The quantitative estimate of drug-likeness (QED) is 0.568. The van der Waals surface area contributed by atoms with Crippen LogP contribution in [0.1, 0.15) is 46.5 Å². The van der Waals surface area contributed by atoms with Crippen LogP contribution in [0.4, 0.5) is 0 Å². The molecule has 0 aromatic carbocycles. The number of carboxylic acid groups (broad SMARTS) is 1. The number of carbonyl (C=O) groups is 2. The molecule has 1 amide bonds. The van der Waals surface area contributed by atoms with Crippen LogP contribution in [0.25, 0.3) is 0 Å². The van der Waals surface area contributed by atoms with Gasteiger partial charge in [0.15, 0.2) is 0 Å². The fourth-order valence-electron chi connectivity index (χ4n) is 1.59. The van der Waals surface area contributed by atoms with Crippen molar-refractivity contribution >= 4 is 11.9 Å². The first kappa shape index (κ1) is 15.9. The average molecular weight is 244 g/mol. The zero-order valence-corrected chi connectivity index (χ0v) is 11.0. The lowest BCUT2D eigenvalue weighted by molar-refractivity contribution is -0.139. The van der Waals surface area contributed by atoms with E-state index in [1.807, 2.05) is 20.8 Å². The van der Waals surface area contributed by atoms with Gasteiger partial charge in [-0.15, -0.1) is 0 Å². The minimum Gasteiger partial charge on any atom is -0.480 e. The monoisotopic (exact) mass is 244 g/mol. The van der Waals surface area contributed by atoms with Crippen LogP contribution in [0.15, 0.2) is 0 Å². The molecule has 5 heteroatoms. The summed E-state index contributed by atoms with van der Waals surface area (Å²) in [4.78, 5) is 22.4. The lowest BCUT2D eigenvalue weighted by Crippen LogP contribution is -2.45. The van der Waals surface area contributed by atoms with Crippen molar-refractivity contribution in [3.63, 3.8) is 0 Å². The van der Waals surface area contributed by atoms with Gasteiger partial charge >= 0.3 is 5.97 Å². The summed E-state index contributed by atoms with van der Waals surface area (Å²) in [6.07, 6.45) is 3.09. The summed E-state index contributed by atoms with van der Waals surface area (Å²) in [7, 11) is 0. The van der Waals surface area contributed by atoms with Crippen LogP contribution in [0.3, 0.4) is 0 Å². The number of rotatable bonds is 9. The highest BCUT2D eigenvalue weighted by Crippen LogP contribution is 1.97. The fraction of sp³-hybridized carbons (Fsp3) is 0.833. The topological polar surface area (TPSA) is 78.4 Å². The van der Waals surface area contributed by atoms with E-state index in [2.05, 4.69) is 10.6 Å². The summed E-state index contributed by atoms with van der Waals surface area (Å²) in [6, 6.07) is -0.453. The Labute approximate surface area is 103 Å². The van der Waals surface area contributed by atoms with E-state index in [4.69, 9.17) is 5.11 Å². The normalized spacial score (nSPS) is 12.5. The Balaban J connectivity index is 3.99. The van der Waals surface area contributed by atoms with Gasteiger partial charge in [0, 0.05) is 6.04 Å². The van der Waals surface area contributed by atoms with E-state index in [1.165, 1.54) is 0 Å². The largest absolute Gasteiger partial charge is 0.480 e. The number of hydrogen-bond acceptors (Lipinski definition) is 3. The Hall–Kier alpha value is -1.10. The predicted octanol–water partition coefficient (Wildman–Crippen LogP) is 1.13. The number of aliphatic carboxylic acids is 1. The molecule has 17 heavy (non-hydrogen) atoms. The van der Waals surface area contributed by atoms with E-state index in [0.717, 1.165) is 19.3 Å². The molecule has 0 aromatic heterocycles. The molecule has 1 unspecified atom stereocenters. The molecule has 1 atom stereocenters. The fourth-order valence-corrected chi connectivity index (χ4v) is 1.59. The molecule has 0 radical (unpaired) electrons. The second-order valence-corrected chi connectivity index (χ2v) is 4.14. The van der Waals surface area contributed by atoms with Gasteiger partial charge < -0.3 is 10.4 Å². The highest BCUT2D eigenvalue weighted by Gasteiger charge is 2.17. The molecule has 3 N–H and O–H groups in total. The van der Waals surface area contributed by atoms with Crippen molar-refractivity contribution < 1.29 is 14.7 Å². The van der Waals surface area contributed by atoms with E-state index in [-0.39, 0.29) is 18.5 Å². The summed E-state index contributed by atoms with van der Waals surface area (Å²) in [5.41, 5.74) is 0. The Kier molecular flexibility index (Phi) is 8.40. The van der Waals surface area contributed by atoms with Crippen molar-refractivity contribution in [2.45, 2.75) is 58.5 Å². The summed E-state index contributed by atoms with van der Waals surface area (Å²) in [5, 5.41) is 14.5. The molecule has 5 nitrogen and oxygen atoms in total. The minimum atomic E-state index is -0.901. The average Bonchev–Trinajstić information content (AvgIpc) is 2.30. The van der Waals surface area contributed by atoms with Gasteiger partial charge in [0.25, 0.3) is 0 Å². The summed E-state index contributed by atoms with van der Waals surface area (Å²) >= 11 is 0. The second-order valence-electron chi connectivity index (χ2n) is 4.14. The third-order valence-electron chi connectivity index (χ3n) is 2.74. The smallest absolute Gasteiger partial charge is 0.320 e. The minimum absolute atomic E-state index is 0.0630. The molecule has 0 rings (SSSR count). The molecule has 0 fully saturated rings. The van der Waals surface area contributed by atoms with Crippen molar-refractivity contribution in [2.24, 2.45) is 0 Å². The molecule has 0 heterocycles. The summed E-state index contributed by atoms with van der Waals surface area (Å²) in [6.45, 7) is 6.01. The first-order valence-electron chi connectivity index (χ1n) is 6.30. The molecular weight excluding hydrogens is 220 g/mol. The Morgan fingerprint density at radius 1 is 1.18 bits per heavy atom. The lowest BCUT2D eigenvalue weighted by Gasteiger charge is -2.17. The Bertz CT molecular complexity index is 240. The molecule has 0 spiro atoms. The van der Waals surface area contributed by atoms with Crippen LogP contribution in [0.5, 0.6) is 0 Å². The number of carbonyl (C=O) groups excluding carboxylic acids is 1. The highest BCUT2D eigenvalue weighted by atomic mass is 16.4. The van der Waals surface area contributed by atoms with Crippen molar-refractivity contribution in [3.05, 3.63) is 0 Å². The standard InChI is InChI=1S/C12H24N2O3/c1-4-7-10(12(16)17)13-8-11(15)14-9(5-2)6-3/h9-10,13H,4-8H2,1-3H3,(H,14,15)(H,16,17). The summed E-state index contributed by atoms with van der Waals surface area (Å²) < 4.78 is 0. The van der Waals surface area contributed by atoms with E-state index in [1.54, 1.807) is 0 Å². The molecular formula is C12H24N2O3. The highest BCUT2D eigenvalue weighted by molar-refractivity contribution is 5.80. The van der Waals surface area contributed by atoms with Crippen molar-refractivity contribution in [2.75, 3.05) is 6.54 Å². The van der Waals surface area contributed by atoms with E-state index >= 15 is 0 Å². The molecule has 0 aliphatic rings. The Morgan fingerprint density at radius 2 is 1.76 bits per heavy atom. The van der Waals surface area contributed by atoms with Crippen LogP contribution in [-0.2, 0) is 9.59 Å². The van der Waals surface area contributed by atoms with Crippen LogP contribution >= 0.6 is 0 Å². The zero-order valence-electron chi connectivity index (χ0n) is 11.0. The number of carboxylic acids is 1. The maximum absolute atomic E-state index is 11.5. The molecule has 0 bridgehead atoms. The first-order chi connectivity index (χ1) is 8.04.